The van der Waals surface area contributed by atoms with Crippen LogP contribution in [-0.4, -0.2) is 39.5 Å². The number of benzene rings is 1. The van der Waals surface area contributed by atoms with Gasteiger partial charge in [0.05, 0.1) is 36.5 Å². The van der Waals surface area contributed by atoms with Crippen molar-refractivity contribution in [3.05, 3.63) is 67.0 Å². The first-order valence-electron chi connectivity index (χ1n) is 8.78. The zero-order valence-corrected chi connectivity index (χ0v) is 15.1. The number of anilines is 2. The number of imidazole rings is 1. The van der Waals surface area contributed by atoms with E-state index in [9.17, 15) is 0 Å². The summed E-state index contributed by atoms with van der Waals surface area (Å²) >= 11 is 0. The molecule has 5 rings (SSSR count). The smallest absolute Gasteiger partial charge is 0.167 e. The molecule has 9 nitrogen and oxygen atoms in total. The minimum Gasteiger partial charge on any atom is -0.336 e. The van der Waals surface area contributed by atoms with Crippen LogP contribution in [0.15, 0.2) is 61.4 Å². The molecular weight excluding hydrogens is 354 g/mol. The average Bonchev–Trinajstić information content (AvgIpc) is 3.45. The molecule has 0 radical (unpaired) electrons. The van der Waals surface area contributed by atoms with E-state index in [0.717, 1.165) is 16.9 Å². The fourth-order valence-corrected chi connectivity index (χ4v) is 3.02. The van der Waals surface area contributed by atoms with E-state index in [1.807, 2.05) is 40.7 Å². The molecule has 4 aromatic heterocycles. The summed E-state index contributed by atoms with van der Waals surface area (Å²) in [5.41, 5.74) is 4.27. The van der Waals surface area contributed by atoms with E-state index in [-0.39, 0.29) is 0 Å². The van der Waals surface area contributed by atoms with Gasteiger partial charge in [-0.15, -0.1) is 0 Å². The van der Waals surface area contributed by atoms with Crippen molar-refractivity contribution in [2.75, 3.05) is 5.32 Å². The maximum atomic E-state index is 4.65. The lowest BCUT2D eigenvalue weighted by Crippen LogP contribution is -2.01. The number of hydrogen-bond acceptors (Lipinski definition) is 6. The van der Waals surface area contributed by atoms with Gasteiger partial charge in [-0.05, 0) is 5.56 Å². The highest BCUT2D eigenvalue weighted by Crippen LogP contribution is 2.25. The normalized spacial score (nSPS) is 11.2. The van der Waals surface area contributed by atoms with Gasteiger partial charge in [-0.25, -0.2) is 15.0 Å². The molecule has 0 fully saturated rings. The van der Waals surface area contributed by atoms with Crippen molar-refractivity contribution < 1.29 is 0 Å². The summed E-state index contributed by atoms with van der Waals surface area (Å²) in [7, 11) is 1.91. The van der Waals surface area contributed by atoms with Gasteiger partial charge < -0.3 is 9.88 Å². The Labute approximate surface area is 160 Å². The van der Waals surface area contributed by atoms with Crippen molar-refractivity contribution in [2.45, 2.75) is 6.54 Å². The summed E-state index contributed by atoms with van der Waals surface area (Å²) in [5, 5.41) is 14.5. The molecule has 0 aliphatic carbocycles. The first-order chi connectivity index (χ1) is 13.8. The second-order valence-corrected chi connectivity index (χ2v) is 6.45. The summed E-state index contributed by atoms with van der Waals surface area (Å²) in [6.45, 7) is 0.700. The standard InChI is InChI=1S/C19H17N9/c1-27-12-20-16-18(25-17(26-19(16)27)14-7-21-22-8-14)24-15-9-23-28(11-15)10-13-5-3-2-4-6-13/h2-9,11-12H,10H2,1H3,(H,21,22)(H,24,25,26). The molecule has 0 unspecified atom stereocenters. The Morgan fingerprint density at radius 2 is 2.00 bits per heavy atom. The minimum absolute atomic E-state index is 0.573. The molecule has 0 amide bonds. The number of aromatic amines is 1. The van der Waals surface area contributed by atoms with Gasteiger partial charge in [0.15, 0.2) is 22.8 Å². The Balaban J connectivity index is 1.48. The Kier molecular flexibility index (Phi) is 3.82. The van der Waals surface area contributed by atoms with Crippen LogP contribution in [0.3, 0.4) is 0 Å². The fourth-order valence-electron chi connectivity index (χ4n) is 3.02. The number of rotatable bonds is 5. The van der Waals surface area contributed by atoms with E-state index >= 15 is 0 Å². The van der Waals surface area contributed by atoms with Crippen molar-refractivity contribution in [3.63, 3.8) is 0 Å². The Hall–Kier alpha value is -4.01. The Morgan fingerprint density at radius 3 is 2.82 bits per heavy atom. The first kappa shape index (κ1) is 16.2. The molecule has 4 heterocycles. The number of nitrogens with one attached hydrogen (secondary N) is 2. The van der Waals surface area contributed by atoms with Gasteiger partial charge in [0.25, 0.3) is 0 Å². The lowest BCUT2D eigenvalue weighted by Gasteiger charge is -2.06. The number of aryl methyl sites for hydroxylation is 1. The van der Waals surface area contributed by atoms with Crippen LogP contribution < -0.4 is 5.32 Å². The van der Waals surface area contributed by atoms with Crippen LogP contribution in [0.4, 0.5) is 11.5 Å². The van der Waals surface area contributed by atoms with Gasteiger partial charge in [-0.2, -0.15) is 10.2 Å². The quantitative estimate of drug-likeness (QED) is 0.492. The largest absolute Gasteiger partial charge is 0.336 e. The number of fused-ring (bicyclic) bond motifs is 1. The van der Waals surface area contributed by atoms with E-state index < -0.39 is 0 Å². The summed E-state index contributed by atoms with van der Waals surface area (Å²) in [6, 6.07) is 10.2. The van der Waals surface area contributed by atoms with E-state index in [1.54, 1.807) is 24.9 Å². The molecule has 5 aromatic rings. The maximum absolute atomic E-state index is 4.65. The van der Waals surface area contributed by atoms with Crippen LogP contribution >= 0.6 is 0 Å². The van der Waals surface area contributed by atoms with Crippen molar-refractivity contribution in [3.8, 4) is 11.4 Å². The summed E-state index contributed by atoms with van der Waals surface area (Å²) in [4.78, 5) is 13.7. The number of nitrogens with zero attached hydrogens (tertiary/aromatic N) is 7. The van der Waals surface area contributed by atoms with Crippen molar-refractivity contribution in [2.24, 2.45) is 7.05 Å². The second-order valence-electron chi connectivity index (χ2n) is 6.45. The van der Waals surface area contributed by atoms with Crippen LogP contribution in [0.25, 0.3) is 22.6 Å². The SMILES string of the molecule is Cn1cnc2c(Nc3cnn(Cc4ccccc4)c3)nc(-c3cn[nH]c3)nc21. The Bertz CT molecular complexity index is 1220. The van der Waals surface area contributed by atoms with Gasteiger partial charge in [-0.3, -0.25) is 9.78 Å². The maximum Gasteiger partial charge on any atom is 0.167 e. The number of H-pyrrole nitrogens is 1. The topological polar surface area (TPSA) is 102 Å². The Morgan fingerprint density at radius 1 is 1.11 bits per heavy atom. The molecule has 0 bridgehead atoms. The zero-order chi connectivity index (χ0) is 18.9. The summed E-state index contributed by atoms with van der Waals surface area (Å²) in [5.74, 6) is 1.20. The van der Waals surface area contributed by atoms with Crippen LogP contribution in [0.2, 0.25) is 0 Å². The average molecular weight is 371 g/mol. The van der Waals surface area contributed by atoms with E-state index in [2.05, 4.69) is 47.7 Å². The molecule has 0 saturated carbocycles. The van der Waals surface area contributed by atoms with Crippen LogP contribution in [0.1, 0.15) is 5.56 Å². The van der Waals surface area contributed by atoms with Gasteiger partial charge >= 0.3 is 0 Å². The highest BCUT2D eigenvalue weighted by molar-refractivity contribution is 5.87. The van der Waals surface area contributed by atoms with Crippen LogP contribution in [0, 0.1) is 0 Å². The molecule has 0 aliphatic heterocycles. The molecule has 9 heteroatoms. The molecule has 28 heavy (non-hydrogen) atoms. The highest BCUT2D eigenvalue weighted by atomic mass is 15.3. The molecule has 0 saturated heterocycles. The lowest BCUT2D eigenvalue weighted by atomic mass is 10.2. The minimum atomic E-state index is 0.573. The van der Waals surface area contributed by atoms with E-state index in [1.165, 1.54) is 5.56 Å². The fraction of sp³-hybridized carbons (Fsp3) is 0.105. The molecule has 138 valence electrons. The predicted octanol–water partition coefficient (Wildman–Crippen LogP) is 2.74. The molecule has 0 atom stereocenters. The molecule has 2 N–H and O–H groups in total. The zero-order valence-electron chi connectivity index (χ0n) is 15.1. The summed E-state index contributed by atoms with van der Waals surface area (Å²) in [6.07, 6.45) is 8.90. The van der Waals surface area contributed by atoms with Crippen LogP contribution in [0.5, 0.6) is 0 Å². The van der Waals surface area contributed by atoms with E-state index in [0.29, 0.717) is 23.7 Å². The third-order valence-corrected chi connectivity index (χ3v) is 4.40. The monoisotopic (exact) mass is 371 g/mol. The third-order valence-electron chi connectivity index (χ3n) is 4.40. The molecule has 0 aliphatic rings. The number of hydrogen-bond donors (Lipinski definition) is 2. The van der Waals surface area contributed by atoms with Crippen molar-refractivity contribution in [1.82, 2.24) is 39.5 Å². The third kappa shape index (κ3) is 2.98. The van der Waals surface area contributed by atoms with Gasteiger partial charge in [-0.1, -0.05) is 30.3 Å². The molecule has 1 aromatic carbocycles. The van der Waals surface area contributed by atoms with Gasteiger partial charge in [0.1, 0.15) is 0 Å². The molecule has 0 spiro atoms. The number of aromatic nitrogens is 8. The van der Waals surface area contributed by atoms with E-state index in [4.69, 9.17) is 0 Å². The highest BCUT2D eigenvalue weighted by Gasteiger charge is 2.14. The summed E-state index contributed by atoms with van der Waals surface area (Å²) < 4.78 is 3.75. The van der Waals surface area contributed by atoms with Crippen molar-refractivity contribution >= 4 is 22.7 Å². The predicted molar refractivity (Wildman–Crippen MR) is 105 cm³/mol. The lowest BCUT2D eigenvalue weighted by molar-refractivity contribution is 0.687. The van der Waals surface area contributed by atoms with Gasteiger partial charge in [0, 0.05) is 19.4 Å². The van der Waals surface area contributed by atoms with Gasteiger partial charge in [0.2, 0.25) is 0 Å². The molecular formula is C19H17N9. The first-order valence-corrected chi connectivity index (χ1v) is 8.78. The van der Waals surface area contributed by atoms with Crippen molar-refractivity contribution in [1.29, 1.82) is 0 Å². The second kappa shape index (κ2) is 6.62. The van der Waals surface area contributed by atoms with Crippen LogP contribution in [-0.2, 0) is 13.6 Å².